The van der Waals surface area contributed by atoms with E-state index in [-0.39, 0.29) is 5.91 Å². The number of carbonyl (C=O) groups excluding carboxylic acids is 1. The van der Waals surface area contributed by atoms with Gasteiger partial charge in [-0.2, -0.15) is 0 Å². The second-order valence-electron chi connectivity index (χ2n) is 4.16. The van der Waals surface area contributed by atoms with Crippen LogP contribution in [0.5, 0.6) is 0 Å². The van der Waals surface area contributed by atoms with Crippen LogP contribution in [0.3, 0.4) is 0 Å². The SMILES string of the molecule is Cc1ccc(NC(=O)c2cc(I)ccc2Br)c(C)n1. The Kier molecular flexibility index (Phi) is 4.57. The minimum atomic E-state index is -0.140. The van der Waals surface area contributed by atoms with E-state index in [4.69, 9.17) is 0 Å². The van der Waals surface area contributed by atoms with Crippen molar-refractivity contribution >= 4 is 50.1 Å². The minimum Gasteiger partial charge on any atom is -0.320 e. The number of aromatic nitrogens is 1. The maximum atomic E-state index is 12.3. The van der Waals surface area contributed by atoms with E-state index < -0.39 is 0 Å². The van der Waals surface area contributed by atoms with Crippen molar-refractivity contribution in [2.45, 2.75) is 13.8 Å². The highest BCUT2D eigenvalue weighted by Gasteiger charge is 2.12. The van der Waals surface area contributed by atoms with Crippen LogP contribution in [0, 0.1) is 17.4 Å². The van der Waals surface area contributed by atoms with Crippen molar-refractivity contribution in [2.75, 3.05) is 5.32 Å². The molecule has 0 saturated carbocycles. The predicted molar refractivity (Wildman–Crippen MR) is 88.5 cm³/mol. The summed E-state index contributed by atoms with van der Waals surface area (Å²) in [6.07, 6.45) is 0. The molecule has 1 aromatic carbocycles. The molecular formula is C14H12BrIN2O. The Bertz CT molecular complexity index is 643. The van der Waals surface area contributed by atoms with Gasteiger partial charge in [-0.1, -0.05) is 0 Å². The Morgan fingerprint density at radius 1 is 1.26 bits per heavy atom. The molecule has 1 heterocycles. The lowest BCUT2D eigenvalue weighted by atomic mass is 10.2. The average Bonchev–Trinajstić information content (AvgIpc) is 2.35. The van der Waals surface area contributed by atoms with E-state index in [0.29, 0.717) is 5.56 Å². The van der Waals surface area contributed by atoms with Crippen LogP contribution < -0.4 is 5.32 Å². The smallest absolute Gasteiger partial charge is 0.256 e. The van der Waals surface area contributed by atoms with Gasteiger partial charge in [-0.3, -0.25) is 9.78 Å². The molecule has 0 aliphatic carbocycles. The molecule has 5 heteroatoms. The Hall–Kier alpha value is -0.950. The van der Waals surface area contributed by atoms with Crippen LogP contribution in [-0.2, 0) is 0 Å². The lowest BCUT2D eigenvalue weighted by molar-refractivity contribution is 0.102. The van der Waals surface area contributed by atoms with Crippen molar-refractivity contribution in [3.05, 3.63) is 55.3 Å². The summed E-state index contributed by atoms with van der Waals surface area (Å²) in [5, 5.41) is 2.89. The van der Waals surface area contributed by atoms with Crippen LogP contribution in [0.2, 0.25) is 0 Å². The Morgan fingerprint density at radius 3 is 2.68 bits per heavy atom. The summed E-state index contributed by atoms with van der Waals surface area (Å²) >= 11 is 5.58. The number of hydrogen-bond acceptors (Lipinski definition) is 2. The molecule has 0 saturated heterocycles. The largest absolute Gasteiger partial charge is 0.320 e. The summed E-state index contributed by atoms with van der Waals surface area (Å²) in [6, 6.07) is 9.41. The standard InChI is InChI=1S/C14H12BrIN2O/c1-8-3-6-13(9(2)17-8)18-14(19)11-7-10(16)4-5-12(11)15/h3-7H,1-2H3,(H,18,19). The Balaban J connectivity index is 2.28. The van der Waals surface area contributed by atoms with E-state index in [2.05, 4.69) is 48.8 Å². The van der Waals surface area contributed by atoms with Gasteiger partial charge in [-0.25, -0.2) is 0 Å². The van der Waals surface area contributed by atoms with E-state index in [1.807, 2.05) is 44.2 Å². The third-order valence-electron chi connectivity index (χ3n) is 2.65. The zero-order valence-corrected chi connectivity index (χ0v) is 14.2. The number of hydrogen-bond donors (Lipinski definition) is 1. The Labute approximate surface area is 134 Å². The summed E-state index contributed by atoms with van der Waals surface area (Å²) in [4.78, 5) is 16.6. The zero-order chi connectivity index (χ0) is 14.0. The normalized spacial score (nSPS) is 10.3. The quantitative estimate of drug-likeness (QED) is 0.721. The highest BCUT2D eigenvalue weighted by Crippen LogP contribution is 2.21. The third kappa shape index (κ3) is 3.54. The maximum absolute atomic E-state index is 12.3. The number of halogens is 2. The van der Waals surface area contributed by atoms with E-state index in [9.17, 15) is 4.79 Å². The van der Waals surface area contributed by atoms with Gasteiger partial charge >= 0.3 is 0 Å². The summed E-state index contributed by atoms with van der Waals surface area (Å²) in [5.41, 5.74) is 3.11. The maximum Gasteiger partial charge on any atom is 0.256 e. The van der Waals surface area contributed by atoms with Crippen LogP contribution in [0.1, 0.15) is 21.7 Å². The zero-order valence-electron chi connectivity index (χ0n) is 10.5. The molecule has 1 aromatic heterocycles. The summed E-state index contributed by atoms with van der Waals surface area (Å²) < 4.78 is 1.80. The predicted octanol–water partition coefficient (Wildman–Crippen LogP) is 4.32. The number of rotatable bonds is 2. The lowest BCUT2D eigenvalue weighted by Gasteiger charge is -2.09. The minimum absolute atomic E-state index is 0.140. The lowest BCUT2D eigenvalue weighted by Crippen LogP contribution is -2.14. The number of nitrogens with zero attached hydrogens (tertiary/aromatic N) is 1. The van der Waals surface area contributed by atoms with Crippen molar-refractivity contribution in [1.82, 2.24) is 4.98 Å². The first-order valence-electron chi connectivity index (χ1n) is 5.68. The number of carbonyl (C=O) groups is 1. The number of amides is 1. The molecule has 0 bridgehead atoms. The van der Waals surface area contributed by atoms with Crippen molar-refractivity contribution < 1.29 is 4.79 Å². The van der Waals surface area contributed by atoms with Crippen LogP contribution >= 0.6 is 38.5 Å². The molecule has 19 heavy (non-hydrogen) atoms. The van der Waals surface area contributed by atoms with Gasteiger partial charge in [0.2, 0.25) is 0 Å². The second kappa shape index (κ2) is 6.00. The molecule has 0 atom stereocenters. The number of aryl methyl sites for hydroxylation is 2. The molecule has 0 spiro atoms. The molecular weight excluding hydrogens is 419 g/mol. The van der Waals surface area contributed by atoms with Crippen molar-refractivity contribution in [1.29, 1.82) is 0 Å². The van der Waals surface area contributed by atoms with Gasteiger partial charge in [-0.15, -0.1) is 0 Å². The van der Waals surface area contributed by atoms with Gasteiger partial charge in [0.15, 0.2) is 0 Å². The first-order valence-corrected chi connectivity index (χ1v) is 7.55. The van der Waals surface area contributed by atoms with Gasteiger partial charge in [0.1, 0.15) is 0 Å². The molecule has 0 fully saturated rings. The number of nitrogens with one attached hydrogen (secondary N) is 1. The van der Waals surface area contributed by atoms with E-state index in [0.717, 1.165) is 25.1 Å². The molecule has 1 amide bonds. The fourth-order valence-electron chi connectivity index (χ4n) is 1.68. The molecule has 3 nitrogen and oxygen atoms in total. The number of benzene rings is 1. The molecule has 0 aliphatic heterocycles. The number of anilines is 1. The molecule has 98 valence electrons. The fourth-order valence-corrected chi connectivity index (χ4v) is 2.60. The molecule has 2 aromatic rings. The topological polar surface area (TPSA) is 42.0 Å². The van der Waals surface area contributed by atoms with Gasteiger partial charge < -0.3 is 5.32 Å². The highest BCUT2D eigenvalue weighted by molar-refractivity contribution is 14.1. The highest BCUT2D eigenvalue weighted by atomic mass is 127. The molecule has 0 unspecified atom stereocenters. The fraction of sp³-hybridized carbons (Fsp3) is 0.143. The van der Waals surface area contributed by atoms with Crippen LogP contribution in [0.15, 0.2) is 34.8 Å². The van der Waals surface area contributed by atoms with Gasteiger partial charge in [-0.05, 0) is 82.7 Å². The van der Waals surface area contributed by atoms with E-state index >= 15 is 0 Å². The number of pyridine rings is 1. The van der Waals surface area contributed by atoms with Crippen LogP contribution in [0.4, 0.5) is 5.69 Å². The average molecular weight is 431 g/mol. The summed E-state index contributed by atoms with van der Waals surface area (Å²) in [5.74, 6) is -0.140. The third-order valence-corrected chi connectivity index (χ3v) is 4.01. The van der Waals surface area contributed by atoms with E-state index in [1.54, 1.807) is 0 Å². The second-order valence-corrected chi connectivity index (χ2v) is 6.26. The first kappa shape index (κ1) is 14.5. The van der Waals surface area contributed by atoms with Crippen LogP contribution in [0.25, 0.3) is 0 Å². The first-order chi connectivity index (χ1) is 8.97. The van der Waals surface area contributed by atoms with E-state index in [1.165, 1.54) is 0 Å². The van der Waals surface area contributed by atoms with Crippen LogP contribution in [-0.4, -0.2) is 10.9 Å². The summed E-state index contributed by atoms with van der Waals surface area (Å²) in [6.45, 7) is 3.81. The van der Waals surface area contributed by atoms with Gasteiger partial charge in [0.25, 0.3) is 5.91 Å². The van der Waals surface area contributed by atoms with Gasteiger partial charge in [0.05, 0.1) is 16.9 Å². The van der Waals surface area contributed by atoms with Crippen molar-refractivity contribution in [3.63, 3.8) is 0 Å². The molecule has 0 aliphatic rings. The Morgan fingerprint density at radius 2 is 2.00 bits per heavy atom. The van der Waals surface area contributed by atoms with Crippen molar-refractivity contribution in [2.24, 2.45) is 0 Å². The monoisotopic (exact) mass is 430 g/mol. The molecule has 0 radical (unpaired) electrons. The summed E-state index contributed by atoms with van der Waals surface area (Å²) in [7, 11) is 0. The van der Waals surface area contributed by atoms with Gasteiger partial charge in [0, 0.05) is 13.7 Å². The molecule has 1 N–H and O–H groups in total. The van der Waals surface area contributed by atoms with Crippen molar-refractivity contribution in [3.8, 4) is 0 Å². The molecule has 2 rings (SSSR count).